The zero-order valence-corrected chi connectivity index (χ0v) is 16.6. The highest BCUT2D eigenvalue weighted by molar-refractivity contribution is 5.98. The van der Waals surface area contributed by atoms with Crippen LogP contribution in [0, 0.1) is 39.9 Å². The van der Waals surface area contributed by atoms with Gasteiger partial charge in [-0.15, -0.1) is 0 Å². The van der Waals surface area contributed by atoms with Gasteiger partial charge in [0.1, 0.15) is 12.1 Å². The molecule has 26 heavy (non-hydrogen) atoms. The van der Waals surface area contributed by atoms with E-state index in [1.165, 1.54) is 5.57 Å². The van der Waals surface area contributed by atoms with Crippen LogP contribution in [0.25, 0.3) is 0 Å². The van der Waals surface area contributed by atoms with Crippen molar-refractivity contribution in [2.75, 3.05) is 0 Å². The summed E-state index contributed by atoms with van der Waals surface area (Å²) in [5.41, 5.74) is 0.541. The van der Waals surface area contributed by atoms with Crippen LogP contribution in [0.15, 0.2) is 11.6 Å². The van der Waals surface area contributed by atoms with Gasteiger partial charge in [-0.25, -0.2) is 0 Å². The fourth-order valence-electron chi connectivity index (χ4n) is 7.91. The largest absolute Gasteiger partial charge is 0.302 e. The highest BCUT2D eigenvalue weighted by Gasteiger charge is 2.66. The van der Waals surface area contributed by atoms with Crippen molar-refractivity contribution in [1.29, 1.82) is 0 Å². The smallest absolute Gasteiger partial charge is 0.155 e. The van der Waals surface area contributed by atoms with E-state index in [0.29, 0.717) is 35.9 Å². The number of rotatable bonds is 2. The molecule has 0 bridgehead atoms. The summed E-state index contributed by atoms with van der Waals surface area (Å²) in [6, 6.07) is 0. The third-order valence-electron chi connectivity index (χ3n) is 9.37. The Bertz CT molecular complexity index is 706. The average Bonchev–Trinajstić information content (AvgIpc) is 2.90. The monoisotopic (exact) mass is 356 g/mol. The summed E-state index contributed by atoms with van der Waals surface area (Å²) in [7, 11) is 0. The molecule has 142 valence electrons. The summed E-state index contributed by atoms with van der Waals surface area (Å²) in [4.78, 5) is 36.7. The predicted octanol–water partition coefficient (Wildman–Crippen LogP) is 4.54. The van der Waals surface area contributed by atoms with E-state index in [2.05, 4.69) is 20.8 Å². The van der Waals surface area contributed by atoms with Crippen LogP contribution in [-0.4, -0.2) is 17.9 Å². The Kier molecular flexibility index (Phi) is 3.92. The molecule has 0 saturated heterocycles. The van der Waals surface area contributed by atoms with Crippen molar-refractivity contribution in [3.05, 3.63) is 11.6 Å². The van der Waals surface area contributed by atoms with E-state index in [-0.39, 0.29) is 16.6 Å². The van der Waals surface area contributed by atoms with Crippen LogP contribution in [0.4, 0.5) is 0 Å². The molecular weight excluding hydrogens is 324 g/mol. The third-order valence-corrected chi connectivity index (χ3v) is 9.37. The summed E-state index contributed by atoms with van der Waals surface area (Å²) in [5.74, 6) is 2.40. The number of aldehydes is 1. The number of fused-ring (bicyclic) bond motifs is 5. The maximum absolute atomic E-state index is 12.5. The second-order valence-corrected chi connectivity index (χ2v) is 10.1. The number of allylic oxidation sites excluding steroid dienone is 1. The Morgan fingerprint density at radius 2 is 1.85 bits per heavy atom. The summed E-state index contributed by atoms with van der Waals surface area (Å²) < 4.78 is 0. The second-order valence-electron chi connectivity index (χ2n) is 10.1. The SMILES string of the molecule is CC(=O)[C@@]1(C=O)CC[C@H]2[C@@H]3CC(C)C4=CC(=O)CC[C@]4(C)[C@H]3CC[C@@]21C. The number of hydrogen-bond donors (Lipinski definition) is 0. The van der Waals surface area contributed by atoms with E-state index in [4.69, 9.17) is 0 Å². The fourth-order valence-corrected chi connectivity index (χ4v) is 7.91. The zero-order chi connectivity index (χ0) is 18.9. The van der Waals surface area contributed by atoms with E-state index in [0.717, 1.165) is 44.8 Å². The summed E-state index contributed by atoms with van der Waals surface area (Å²) in [6.07, 6.45) is 9.46. The maximum Gasteiger partial charge on any atom is 0.155 e. The minimum absolute atomic E-state index is 0.0647. The lowest BCUT2D eigenvalue weighted by atomic mass is 9.43. The van der Waals surface area contributed by atoms with Crippen molar-refractivity contribution >= 4 is 17.9 Å². The van der Waals surface area contributed by atoms with Gasteiger partial charge in [-0.2, -0.15) is 0 Å². The molecule has 1 unspecified atom stereocenters. The number of hydrogen-bond acceptors (Lipinski definition) is 3. The second kappa shape index (κ2) is 5.62. The Labute approximate surface area is 157 Å². The summed E-state index contributed by atoms with van der Waals surface area (Å²) in [6.45, 7) is 8.50. The molecule has 0 spiro atoms. The lowest BCUT2D eigenvalue weighted by Gasteiger charge is -2.60. The first-order chi connectivity index (χ1) is 12.2. The Hall–Kier alpha value is -1.25. The molecule has 4 aliphatic carbocycles. The van der Waals surface area contributed by atoms with Gasteiger partial charge in [0.25, 0.3) is 0 Å². The van der Waals surface area contributed by atoms with Crippen LogP contribution in [-0.2, 0) is 14.4 Å². The third kappa shape index (κ3) is 2.03. The number of Topliss-reactive ketones (excluding diaryl/α,β-unsaturated/α-hetero) is 1. The van der Waals surface area contributed by atoms with Crippen molar-refractivity contribution in [3.8, 4) is 0 Å². The van der Waals surface area contributed by atoms with Crippen molar-refractivity contribution in [1.82, 2.24) is 0 Å². The molecule has 3 nitrogen and oxygen atoms in total. The van der Waals surface area contributed by atoms with E-state index in [1.54, 1.807) is 6.92 Å². The fraction of sp³-hybridized carbons (Fsp3) is 0.783. The number of carbonyl (C=O) groups is 3. The summed E-state index contributed by atoms with van der Waals surface area (Å²) >= 11 is 0. The van der Waals surface area contributed by atoms with Crippen LogP contribution in [0.5, 0.6) is 0 Å². The molecule has 3 fully saturated rings. The Morgan fingerprint density at radius 3 is 2.50 bits per heavy atom. The molecule has 0 heterocycles. The normalized spacial score (nSPS) is 50.3. The minimum Gasteiger partial charge on any atom is -0.302 e. The zero-order valence-electron chi connectivity index (χ0n) is 16.6. The topological polar surface area (TPSA) is 51.2 Å². The molecule has 0 aromatic heterocycles. The highest BCUT2D eigenvalue weighted by Crippen LogP contribution is 2.70. The molecule has 7 atom stereocenters. The van der Waals surface area contributed by atoms with E-state index in [9.17, 15) is 14.4 Å². The quantitative estimate of drug-likeness (QED) is 0.539. The van der Waals surface area contributed by atoms with Crippen molar-refractivity contribution in [3.63, 3.8) is 0 Å². The standard InChI is InChI=1S/C23H32O3/c1-14-11-17-18(21(3)8-5-16(26)12-20(14)21)6-9-22(4)19(17)7-10-23(22,13-24)15(2)25/h12-14,17-19H,5-11H2,1-4H3/t14?,17-,18+,19+,21-,22+,23+/m1/s1. The van der Waals surface area contributed by atoms with Gasteiger partial charge in [0.15, 0.2) is 5.78 Å². The molecule has 0 amide bonds. The van der Waals surface area contributed by atoms with Crippen molar-refractivity contribution in [2.45, 2.75) is 72.6 Å². The van der Waals surface area contributed by atoms with Crippen LogP contribution in [0.1, 0.15) is 72.6 Å². The van der Waals surface area contributed by atoms with Gasteiger partial charge in [-0.1, -0.05) is 26.3 Å². The molecule has 0 aliphatic heterocycles. The predicted molar refractivity (Wildman–Crippen MR) is 100 cm³/mol. The van der Waals surface area contributed by atoms with Gasteiger partial charge in [0.2, 0.25) is 0 Å². The first-order valence-electron chi connectivity index (χ1n) is 10.4. The maximum atomic E-state index is 12.5. The number of ketones is 2. The van der Waals surface area contributed by atoms with Crippen LogP contribution < -0.4 is 0 Å². The van der Waals surface area contributed by atoms with E-state index >= 15 is 0 Å². The first kappa shape index (κ1) is 18.1. The van der Waals surface area contributed by atoms with Crippen LogP contribution >= 0.6 is 0 Å². The molecule has 3 saturated carbocycles. The molecule has 0 N–H and O–H groups in total. The molecule has 4 aliphatic rings. The Balaban J connectivity index is 1.75. The molecule has 0 radical (unpaired) electrons. The molecule has 4 rings (SSSR count). The van der Waals surface area contributed by atoms with Gasteiger partial charge in [-0.3, -0.25) is 9.59 Å². The van der Waals surface area contributed by atoms with Gasteiger partial charge in [0.05, 0.1) is 5.41 Å². The average molecular weight is 357 g/mol. The van der Waals surface area contributed by atoms with E-state index < -0.39 is 5.41 Å². The Morgan fingerprint density at radius 1 is 1.15 bits per heavy atom. The first-order valence-corrected chi connectivity index (χ1v) is 10.4. The van der Waals surface area contributed by atoms with Gasteiger partial charge in [0, 0.05) is 6.42 Å². The van der Waals surface area contributed by atoms with Crippen LogP contribution in [0.2, 0.25) is 0 Å². The lowest BCUT2D eigenvalue weighted by molar-refractivity contribution is -0.148. The summed E-state index contributed by atoms with van der Waals surface area (Å²) in [5, 5.41) is 0. The van der Waals surface area contributed by atoms with Gasteiger partial charge < -0.3 is 4.79 Å². The van der Waals surface area contributed by atoms with E-state index in [1.807, 2.05) is 6.08 Å². The molecular formula is C23H32O3. The van der Waals surface area contributed by atoms with Crippen LogP contribution in [0.3, 0.4) is 0 Å². The van der Waals surface area contributed by atoms with Crippen molar-refractivity contribution < 1.29 is 14.4 Å². The molecule has 0 aromatic carbocycles. The number of carbonyl (C=O) groups excluding carboxylic acids is 3. The van der Waals surface area contributed by atoms with Gasteiger partial charge >= 0.3 is 0 Å². The lowest BCUT2D eigenvalue weighted by Crippen LogP contribution is -2.55. The molecule has 3 heteroatoms. The highest BCUT2D eigenvalue weighted by atomic mass is 16.1. The van der Waals surface area contributed by atoms with Crippen molar-refractivity contribution in [2.24, 2.45) is 39.9 Å². The minimum atomic E-state index is -0.772. The molecule has 0 aromatic rings. The van der Waals surface area contributed by atoms with Gasteiger partial charge in [-0.05, 0) is 86.0 Å².